The van der Waals surface area contributed by atoms with Crippen molar-refractivity contribution in [3.63, 3.8) is 0 Å². The summed E-state index contributed by atoms with van der Waals surface area (Å²) in [6.45, 7) is 2.01. The molecule has 0 radical (unpaired) electrons. The van der Waals surface area contributed by atoms with E-state index in [1.807, 2.05) is 6.92 Å². The number of aromatic hydroxyl groups is 1. The van der Waals surface area contributed by atoms with Gasteiger partial charge >= 0.3 is 7.80 Å². The average Bonchev–Trinajstić information content (AvgIpc) is 2.25. The number of rotatable bonds is 5. The van der Waals surface area contributed by atoms with E-state index >= 15 is 0 Å². The molecule has 2 N–H and O–H groups in total. The van der Waals surface area contributed by atoms with Crippen LogP contribution in [0.2, 0.25) is 0 Å². The van der Waals surface area contributed by atoms with Crippen molar-refractivity contribution in [2.24, 2.45) is 0 Å². The second-order valence-corrected chi connectivity index (χ2v) is 5.32. The fraction of sp³-hybridized carbons (Fsp3) is 0.455. The summed E-state index contributed by atoms with van der Waals surface area (Å²) in [7, 11) is -1.53. The van der Waals surface area contributed by atoms with Gasteiger partial charge in [-0.15, -0.1) is 0 Å². The van der Waals surface area contributed by atoms with Gasteiger partial charge in [-0.2, -0.15) is 0 Å². The van der Waals surface area contributed by atoms with E-state index in [2.05, 4.69) is 0 Å². The topological polar surface area (TPSA) is 57.5 Å². The van der Waals surface area contributed by atoms with Gasteiger partial charge in [-0.1, -0.05) is 17.6 Å². The molecule has 0 heterocycles. The molecule has 2 atom stereocenters. The molecule has 15 heavy (non-hydrogen) atoms. The van der Waals surface area contributed by atoms with Crippen molar-refractivity contribution in [2.45, 2.75) is 25.4 Å². The Morgan fingerprint density at radius 3 is 2.73 bits per heavy atom. The first-order chi connectivity index (χ1) is 7.19. The quantitative estimate of drug-likeness (QED) is 0.756. The fourth-order valence-corrected chi connectivity index (χ4v) is 3.07. The largest absolute Gasteiger partial charge is 0.508 e. The fourth-order valence-electron chi connectivity index (χ4n) is 1.48. The average molecular weight is 227 g/mol. The molecule has 0 bridgehead atoms. The molecule has 0 aliphatic heterocycles. The van der Waals surface area contributed by atoms with Crippen LogP contribution in [-0.4, -0.2) is 22.5 Å². The smallest absolute Gasteiger partial charge is 0.380 e. The van der Waals surface area contributed by atoms with Gasteiger partial charge in [-0.3, -0.25) is 0 Å². The van der Waals surface area contributed by atoms with E-state index in [9.17, 15) is 9.67 Å². The highest BCUT2D eigenvalue weighted by molar-refractivity contribution is 7.54. The first-order valence-electron chi connectivity index (χ1n) is 5.05. The number of phenolic OH excluding ortho intramolecular Hbond substituents is 1. The minimum Gasteiger partial charge on any atom is -0.508 e. The maximum Gasteiger partial charge on any atom is 0.380 e. The van der Waals surface area contributed by atoms with Gasteiger partial charge in [0.2, 0.25) is 0 Å². The highest BCUT2D eigenvalue weighted by Crippen LogP contribution is 2.32. The van der Waals surface area contributed by atoms with Gasteiger partial charge in [0, 0.05) is 19.1 Å². The van der Waals surface area contributed by atoms with Crippen LogP contribution in [0.5, 0.6) is 5.75 Å². The van der Waals surface area contributed by atoms with Crippen LogP contribution in [0.1, 0.15) is 19.8 Å². The molecule has 0 fully saturated rings. The van der Waals surface area contributed by atoms with Crippen LogP contribution in [0.4, 0.5) is 0 Å². The van der Waals surface area contributed by atoms with E-state index in [1.165, 1.54) is 6.07 Å². The van der Waals surface area contributed by atoms with Gasteiger partial charge in [0.25, 0.3) is 0 Å². The molecule has 82 valence electrons. The van der Waals surface area contributed by atoms with E-state index in [0.29, 0.717) is 11.7 Å². The maximum absolute atomic E-state index is 12.0. The molecule has 0 saturated carbocycles. The third-order valence-electron chi connectivity index (χ3n) is 2.35. The molecule has 2 unspecified atom stereocenters. The van der Waals surface area contributed by atoms with Crippen molar-refractivity contribution in [3.8, 4) is 5.75 Å². The van der Waals surface area contributed by atoms with Crippen LogP contribution in [0.3, 0.4) is 0 Å². The zero-order chi connectivity index (χ0) is 11.3. The summed E-state index contributed by atoms with van der Waals surface area (Å²) in [5.41, 5.74) is -0.00759. The monoisotopic (exact) mass is 227 g/mol. The van der Waals surface area contributed by atoms with E-state index in [4.69, 9.17) is 5.11 Å². The van der Waals surface area contributed by atoms with Crippen LogP contribution < -0.4 is 5.30 Å². The molecular formula is C11H16O3P+. The summed E-state index contributed by atoms with van der Waals surface area (Å²) in [6.07, 6.45) is 1.31. The molecule has 0 aromatic heterocycles. The lowest BCUT2D eigenvalue weighted by molar-refractivity contribution is 0.285. The predicted molar refractivity (Wildman–Crippen MR) is 61.1 cm³/mol. The zero-order valence-corrected chi connectivity index (χ0v) is 9.65. The molecule has 0 saturated heterocycles. The lowest BCUT2D eigenvalue weighted by Crippen LogP contribution is -2.10. The predicted octanol–water partition coefficient (Wildman–Crippen LogP) is 2.01. The van der Waals surface area contributed by atoms with E-state index in [1.54, 1.807) is 18.2 Å². The summed E-state index contributed by atoms with van der Waals surface area (Å²) in [5.74, 6) is 0.134. The van der Waals surface area contributed by atoms with Gasteiger partial charge in [0.1, 0.15) is 5.75 Å². The number of phenols is 1. The van der Waals surface area contributed by atoms with Gasteiger partial charge in [-0.25, -0.2) is 0 Å². The minimum absolute atomic E-state index is 0.00759. The first kappa shape index (κ1) is 12.2. The Bertz CT molecular complexity index is 338. The molecule has 1 rings (SSSR count). The molecule has 4 heteroatoms. The van der Waals surface area contributed by atoms with Crippen molar-refractivity contribution in [1.29, 1.82) is 0 Å². The van der Waals surface area contributed by atoms with E-state index in [0.717, 1.165) is 6.42 Å². The summed E-state index contributed by atoms with van der Waals surface area (Å²) < 4.78 is 12.0. The number of aliphatic hydroxyl groups is 1. The third kappa shape index (κ3) is 3.29. The summed E-state index contributed by atoms with van der Waals surface area (Å²) >= 11 is 0. The second-order valence-electron chi connectivity index (χ2n) is 3.42. The Morgan fingerprint density at radius 1 is 1.47 bits per heavy atom. The normalized spacial score (nSPS) is 13.6. The summed E-state index contributed by atoms with van der Waals surface area (Å²) in [5, 5.41) is 18.8. The van der Waals surface area contributed by atoms with Crippen molar-refractivity contribution in [1.82, 2.24) is 0 Å². The molecule has 0 amide bonds. The van der Waals surface area contributed by atoms with Crippen LogP contribution in [0.25, 0.3) is 0 Å². The van der Waals surface area contributed by atoms with Gasteiger partial charge in [-0.05, 0) is 18.6 Å². The van der Waals surface area contributed by atoms with Gasteiger partial charge in [0.05, 0.1) is 0 Å². The molecule has 0 spiro atoms. The molecular weight excluding hydrogens is 211 g/mol. The zero-order valence-electron chi connectivity index (χ0n) is 8.76. The highest BCUT2D eigenvalue weighted by Gasteiger charge is 2.30. The van der Waals surface area contributed by atoms with Gasteiger partial charge < -0.3 is 10.2 Å². The molecule has 0 aliphatic rings. The van der Waals surface area contributed by atoms with Gasteiger partial charge in [0.15, 0.2) is 11.0 Å². The second kappa shape index (κ2) is 5.84. The maximum atomic E-state index is 12.0. The summed E-state index contributed by atoms with van der Waals surface area (Å²) in [6, 6.07) is 6.51. The van der Waals surface area contributed by atoms with Crippen molar-refractivity contribution < 1.29 is 14.8 Å². The SMILES string of the molecule is CCC(CCO)[P+](=O)c1cccc(O)c1. The number of hydrogen-bond donors (Lipinski definition) is 2. The van der Waals surface area contributed by atoms with E-state index in [-0.39, 0.29) is 18.0 Å². The lowest BCUT2D eigenvalue weighted by Gasteiger charge is -2.01. The molecule has 1 aromatic carbocycles. The number of aliphatic hydroxyl groups excluding tert-OH is 1. The Labute approximate surface area is 90.5 Å². The molecule has 3 nitrogen and oxygen atoms in total. The van der Waals surface area contributed by atoms with Crippen molar-refractivity contribution in [2.75, 3.05) is 6.61 Å². The number of hydrogen-bond acceptors (Lipinski definition) is 3. The van der Waals surface area contributed by atoms with E-state index < -0.39 is 7.80 Å². The van der Waals surface area contributed by atoms with Crippen molar-refractivity contribution in [3.05, 3.63) is 24.3 Å². The Morgan fingerprint density at radius 2 is 2.20 bits per heavy atom. The number of benzene rings is 1. The Balaban J connectivity index is 2.82. The molecule has 0 aliphatic carbocycles. The molecule has 1 aromatic rings. The summed E-state index contributed by atoms with van der Waals surface area (Å²) in [4.78, 5) is 0. The van der Waals surface area contributed by atoms with Crippen LogP contribution in [0, 0.1) is 0 Å². The first-order valence-corrected chi connectivity index (χ1v) is 6.38. The Kier molecular flexibility index (Phi) is 4.73. The van der Waals surface area contributed by atoms with Crippen LogP contribution >= 0.6 is 7.80 Å². The Hall–Kier alpha value is -0.920. The van der Waals surface area contributed by atoms with Crippen LogP contribution in [-0.2, 0) is 4.57 Å². The third-order valence-corrected chi connectivity index (χ3v) is 4.42. The standard InChI is InChI=1S/C11H15O3P/c1-2-10(6-7-12)15(14)11-5-3-4-9(13)8-11/h3-5,8,10,12H,2,6-7H2,1H3/p+1. The van der Waals surface area contributed by atoms with Crippen LogP contribution in [0.15, 0.2) is 24.3 Å². The highest BCUT2D eigenvalue weighted by atomic mass is 31.1. The lowest BCUT2D eigenvalue weighted by atomic mass is 10.2. The van der Waals surface area contributed by atoms with Crippen molar-refractivity contribution >= 4 is 13.1 Å². The minimum atomic E-state index is -1.53.